The van der Waals surface area contributed by atoms with Gasteiger partial charge in [0.15, 0.2) is 0 Å². The Hall–Kier alpha value is -2.13. The Bertz CT molecular complexity index is 603. The highest BCUT2D eigenvalue weighted by Gasteiger charge is 2.19. The predicted molar refractivity (Wildman–Crippen MR) is 109 cm³/mol. The van der Waals surface area contributed by atoms with E-state index in [-0.39, 0.29) is 11.9 Å². The van der Waals surface area contributed by atoms with E-state index in [4.69, 9.17) is 0 Å². The maximum atomic E-state index is 12.8. The van der Waals surface area contributed by atoms with Crippen LogP contribution in [0.25, 0.3) is 0 Å². The molecule has 0 aliphatic rings. The van der Waals surface area contributed by atoms with E-state index in [1.165, 1.54) is 0 Å². The molecule has 0 aromatic heterocycles. The molecule has 0 saturated heterocycles. The van der Waals surface area contributed by atoms with Gasteiger partial charge >= 0.3 is 0 Å². The Balaban J connectivity index is 2.13. The summed E-state index contributed by atoms with van der Waals surface area (Å²) in [5, 5.41) is 3.25. The third kappa shape index (κ3) is 6.64. The summed E-state index contributed by atoms with van der Waals surface area (Å²) in [5.74, 6) is 1.16. The van der Waals surface area contributed by atoms with Crippen molar-refractivity contribution in [2.75, 3.05) is 19.6 Å². The van der Waals surface area contributed by atoms with Crippen molar-refractivity contribution in [2.45, 2.75) is 33.7 Å². The van der Waals surface area contributed by atoms with Crippen molar-refractivity contribution in [3.05, 3.63) is 71.8 Å². The molecule has 2 rings (SSSR count). The van der Waals surface area contributed by atoms with E-state index in [0.717, 1.165) is 24.2 Å². The van der Waals surface area contributed by atoms with E-state index < -0.39 is 0 Å². The SMILES string of the molecule is CC(C)CN(CC(=O)NC(c1ccccc1)c1ccccc1)CC(C)C. The van der Waals surface area contributed by atoms with Crippen LogP contribution in [0.5, 0.6) is 0 Å². The van der Waals surface area contributed by atoms with Gasteiger partial charge in [-0.3, -0.25) is 9.69 Å². The molecule has 0 unspecified atom stereocenters. The summed E-state index contributed by atoms with van der Waals surface area (Å²) in [6.45, 7) is 11.1. The molecule has 3 nitrogen and oxygen atoms in total. The minimum absolute atomic E-state index is 0.0732. The van der Waals surface area contributed by atoms with Gasteiger partial charge in [0.25, 0.3) is 0 Å². The normalized spacial score (nSPS) is 11.5. The van der Waals surface area contributed by atoms with Gasteiger partial charge in [0.2, 0.25) is 5.91 Å². The first-order valence-corrected chi connectivity index (χ1v) is 9.57. The van der Waals surface area contributed by atoms with Crippen molar-refractivity contribution < 1.29 is 4.79 Å². The first kappa shape index (κ1) is 20.2. The molecule has 0 spiro atoms. The van der Waals surface area contributed by atoms with Crippen molar-refractivity contribution in [1.29, 1.82) is 0 Å². The van der Waals surface area contributed by atoms with Gasteiger partial charge in [0.05, 0.1) is 12.6 Å². The molecule has 140 valence electrons. The standard InChI is InChI=1S/C23H32N2O/c1-18(2)15-25(16-19(3)4)17-22(26)24-23(20-11-7-5-8-12-20)21-13-9-6-10-14-21/h5-14,18-19,23H,15-17H2,1-4H3,(H,24,26). The summed E-state index contributed by atoms with van der Waals surface area (Å²) in [4.78, 5) is 15.1. The van der Waals surface area contributed by atoms with Gasteiger partial charge < -0.3 is 5.32 Å². The van der Waals surface area contributed by atoms with E-state index in [1.54, 1.807) is 0 Å². The highest BCUT2D eigenvalue weighted by atomic mass is 16.2. The molecule has 2 aromatic carbocycles. The van der Waals surface area contributed by atoms with E-state index in [1.807, 2.05) is 36.4 Å². The van der Waals surface area contributed by atoms with Gasteiger partial charge in [-0.2, -0.15) is 0 Å². The fraction of sp³-hybridized carbons (Fsp3) is 0.435. The maximum absolute atomic E-state index is 12.8. The number of carbonyl (C=O) groups excluding carboxylic acids is 1. The van der Waals surface area contributed by atoms with Crippen LogP contribution < -0.4 is 5.32 Å². The Morgan fingerprint density at radius 2 is 1.23 bits per heavy atom. The smallest absolute Gasteiger partial charge is 0.234 e. The number of hydrogen-bond donors (Lipinski definition) is 1. The zero-order valence-corrected chi connectivity index (χ0v) is 16.5. The van der Waals surface area contributed by atoms with Crippen LogP contribution in [0.15, 0.2) is 60.7 Å². The fourth-order valence-electron chi connectivity index (χ4n) is 3.30. The van der Waals surface area contributed by atoms with Crippen LogP contribution in [0.4, 0.5) is 0 Å². The number of nitrogens with zero attached hydrogens (tertiary/aromatic N) is 1. The van der Waals surface area contributed by atoms with Crippen LogP contribution in [-0.2, 0) is 4.79 Å². The molecule has 0 aliphatic carbocycles. The molecular weight excluding hydrogens is 320 g/mol. The molecule has 0 radical (unpaired) electrons. The van der Waals surface area contributed by atoms with Gasteiger partial charge in [-0.15, -0.1) is 0 Å². The number of amides is 1. The first-order valence-electron chi connectivity index (χ1n) is 9.57. The van der Waals surface area contributed by atoms with Crippen molar-refractivity contribution in [3.8, 4) is 0 Å². The quantitative estimate of drug-likeness (QED) is 0.720. The van der Waals surface area contributed by atoms with Crippen LogP contribution in [-0.4, -0.2) is 30.4 Å². The molecule has 26 heavy (non-hydrogen) atoms. The van der Waals surface area contributed by atoms with E-state index in [9.17, 15) is 4.79 Å². The lowest BCUT2D eigenvalue weighted by Crippen LogP contribution is -2.42. The zero-order valence-electron chi connectivity index (χ0n) is 16.5. The highest BCUT2D eigenvalue weighted by Crippen LogP contribution is 2.21. The van der Waals surface area contributed by atoms with Gasteiger partial charge in [-0.1, -0.05) is 88.4 Å². The van der Waals surface area contributed by atoms with Crippen LogP contribution in [0.2, 0.25) is 0 Å². The molecular formula is C23H32N2O. The lowest BCUT2D eigenvalue weighted by molar-refractivity contribution is -0.123. The van der Waals surface area contributed by atoms with E-state index in [2.05, 4.69) is 62.2 Å². The van der Waals surface area contributed by atoms with Crippen molar-refractivity contribution in [1.82, 2.24) is 10.2 Å². The molecule has 1 N–H and O–H groups in total. The average Bonchev–Trinajstić information content (AvgIpc) is 2.60. The summed E-state index contributed by atoms with van der Waals surface area (Å²) in [7, 11) is 0. The summed E-state index contributed by atoms with van der Waals surface area (Å²) in [6.07, 6.45) is 0. The molecule has 0 saturated carbocycles. The second kappa shape index (κ2) is 10.1. The monoisotopic (exact) mass is 352 g/mol. The molecule has 0 aliphatic heterocycles. The Kier molecular flexibility index (Phi) is 7.86. The highest BCUT2D eigenvalue weighted by molar-refractivity contribution is 5.79. The van der Waals surface area contributed by atoms with Gasteiger partial charge in [0, 0.05) is 13.1 Å². The van der Waals surface area contributed by atoms with Crippen LogP contribution in [0.3, 0.4) is 0 Å². The van der Waals surface area contributed by atoms with E-state index >= 15 is 0 Å². The van der Waals surface area contributed by atoms with E-state index in [0.29, 0.717) is 18.4 Å². The molecule has 3 heteroatoms. The predicted octanol–water partition coefficient (Wildman–Crippen LogP) is 4.51. The summed E-state index contributed by atoms with van der Waals surface area (Å²) >= 11 is 0. The maximum Gasteiger partial charge on any atom is 0.234 e. The van der Waals surface area contributed by atoms with Crippen LogP contribution >= 0.6 is 0 Å². The Labute approximate surface area is 158 Å². The number of nitrogens with one attached hydrogen (secondary N) is 1. The third-order valence-electron chi connectivity index (χ3n) is 4.19. The number of rotatable bonds is 9. The number of hydrogen-bond acceptors (Lipinski definition) is 2. The summed E-state index contributed by atoms with van der Waals surface area (Å²) in [6, 6.07) is 20.2. The molecule has 0 atom stereocenters. The summed E-state index contributed by atoms with van der Waals surface area (Å²) < 4.78 is 0. The zero-order chi connectivity index (χ0) is 18.9. The van der Waals surface area contributed by atoms with Gasteiger partial charge in [-0.05, 0) is 23.0 Å². The van der Waals surface area contributed by atoms with Crippen molar-refractivity contribution in [2.24, 2.45) is 11.8 Å². The number of carbonyl (C=O) groups is 1. The molecule has 1 amide bonds. The summed E-state index contributed by atoms with van der Waals surface area (Å²) in [5.41, 5.74) is 2.21. The fourth-order valence-corrected chi connectivity index (χ4v) is 3.30. The van der Waals surface area contributed by atoms with Gasteiger partial charge in [-0.25, -0.2) is 0 Å². The largest absolute Gasteiger partial charge is 0.344 e. The lowest BCUT2D eigenvalue weighted by atomic mass is 9.98. The van der Waals surface area contributed by atoms with Gasteiger partial charge in [0.1, 0.15) is 0 Å². The first-order chi connectivity index (χ1) is 12.5. The van der Waals surface area contributed by atoms with Crippen LogP contribution in [0, 0.1) is 11.8 Å². The molecule has 0 heterocycles. The second-order valence-electron chi connectivity index (χ2n) is 7.80. The molecule has 2 aromatic rings. The second-order valence-corrected chi connectivity index (χ2v) is 7.80. The Morgan fingerprint density at radius 3 is 1.62 bits per heavy atom. The number of benzene rings is 2. The minimum atomic E-state index is -0.121. The Morgan fingerprint density at radius 1 is 0.808 bits per heavy atom. The molecule has 0 fully saturated rings. The topological polar surface area (TPSA) is 32.3 Å². The third-order valence-corrected chi connectivity index (χ3v) is 4.19. The minimum Gasteiger partial charge on any atom is -0.344 e. The van der Waals surface area contributed by atoms with Crippen molar-refractivity contribution in [3.63, 3.8) is 0 Å². The molecule has 0 bridgehead atoms. The van der Waals surface area contributed by atoms with Crippen LogP contribution in [0.1, 0.15) is 44.9 Å². The average molecular weight is 353 g/mol. The van der Waals surface area contributed by atoms with Crippen molar-refractivity contribution >= 4 is 5.91 Å². The lowest BCUT2D eigenvalue weighted by Gasteiger charge is -2.27.